The standard InChI is InChI=1S/C18H16O4S/c19-14-7-4-11-5-8-15-13(17(11)14)6-3-10-1-2-12(18(20)21)9-16(10)23(15)22/h1-2,5,8-9,14,19H,3-4,6-7H2,(H,20,21)/t14-,23?/m0/s1. The number of fused-ring (bicyclic) bond motifs is 4. The second-order valence-electron chi connectivity index (χ2n) is 6.07. The monoisotopic (exact) mass is 328 g/mol. The Morgan fingerprint density at radius 1 is 1.04 bits per heavy atom. The quantitative estimate of drug-likeness (QED) is 0.844. The van der Waals surface area contributed by atoms with E-state index in [0.717, 1.165) is 35.1 Å². The molecule has 2 aliphatic rings. The summed E-state index contributed by atoms with van der Waals surface area (Å²) in [4.78, 5) is 12.5. The summed E-state index contributed by atoms with van der Waals surface area (Å²) in [6.07, 6.45) is 2.52. The third-order valence-electron chi connectivity index (χ3n) is 4.78. The van der Waals surface area contributed by atoms with Gasteiger partial charge in [-0.15, -0.1) is 0 Å². The van der Waals surface area contributed by atoms with Crippen LogP contribution in [-0.4, -0.2) is 20.4 Å². The average Bonchev–Trinajstić information content (AvgIpc) is 2.86. The molecule has 0 amide bonds. The molecule has 23 heavy (non-hydrogen) atoms. The van der Waals surface area contributed by atoms with Crippen LogP contribution in [0.5, 0.6) is 0 Å². The van der Waals surface area contributed by atoms with Gasteiger partial charge in [0, 0.05) is 9.79 Å². The van der Waals surface area contributed by atoms with Crippen molar-refractivity contribution in [3.05, 3.63) is 58.1 Å². The van der Waals surface area contributed by atoms with Crippen LogP contribution in [0.3, 0.4) is 0 Å². The van der Waals surface area contributed by atoms with Crippen LogP contribution >= 0.6 is 0 Å². The van der Waals surface area contributed by atoms with Crippen molar-refractivity contribution in [3.63, 3.8) is 0 Å². The number of benzene rings is 2. The first-order valence-corrected chi connectivity index (χ1v) is 8.82. The van der Waals surface area contributed by atoms with Gasteiger partial charge in [0.1, 0.15) is 0 Å². The Balaban J connectivity index is 1.90. The van der Waals surface area contributed by atoms with E-state index in [4.69, 9.17) is 5.11 Å². The molecule has 1 unspecified atom stereocenters. The maximum Gasteiger partial charge on any atom is 0.335 e. The van der Waals surface area contributed by atoms with Gasteiger partial charge in [0.05, 0.1) is 22.5 Å². The number of aromatic carboxylic acids is 1. The molecule has 2 aromatic carbocycles. The van der Waals surface area contributed by atoms with Gasteiger partial charge in [-0.2, -0.15) is 0 Å². The molecule has 1 aliphatic heterocycles. The van der Waals surface area contributed by atoms with Crippen molar-refractivity contribution in [2.24, 2.45) is 0 Å². The topological polar surface area (TPSA) is 74.6 Å². The van der Waals surface area contributed by atoms with Crippen LogP contribution in [0, 0.1) is 0 Å². The zero-order valence-electron chi connectivity index (χ0n) is 12.4. The van der Waals surface area contributed by atoms with Crippen molar-refractivity contribution in [1.29, 1.82) is 0 Å². The van der Waals surface area contributed by atoms with Crippen molar-refractivity contribution in [3.8, 4) is 0 Å². The van der Waals surface area contributed by atoms with Crippen LogP contribution in [0.4, 0.5) is 0 Å². The first-order chi connectivity index (χ1) is 11.1. The van der Waals surface area contributed by atoms with Gasteiger partial charge in [-0.05, 0) is 66.1 Å². The van der Waals surface area contributed by atoms with Crippen molar-refractivity contribution < 1.29 is 19.2 Å². The molecular weight excluding hydrogens is 312 g/mol. The molecule has 2 atom stereocenters. The summed E-state index contributed by atoms with van der Waals surface area (Å²) in [7, 11) is -1.42. The number of rotatable bonds is 1. The van der Waals surface area contributed by atoms with E-state index in [1.807, 2.05) is 12.1 Å². The number of aryl methyl sites for hydroxylation is 2. The minimum absolute atomic E-state index is 0.154. The lowest BCUT2D eigenvalue weighted by molar-refractivity contribution is 0.0696. The molecule has 4 rings (SSSR count). The minimum Gasteiger partial charge on any atom is -0.478 e. The van der Waals surface area contributed by atoms with E-state index in [-0.39, 0.29) is 5.56 Å². The van der Waals surface area contributed by atoms with Gasteiger partial charge in [-0.3, -0.25) is 0 Å². The van der Waals surface area contributed by atoms with E-state index < -0.39 is 22.9 Å². The number of carbonyl (C=O) groups is 1. The Morgan fingerprint density at radius 2 is 1.83 bits per heavy atom. The molecular formula is C18H16O4S. The summed E-state index contributed by atoms with van der Waals surface area (Å²) in [6, 6.07) is 8.68. The predicted octanol–water partition coefficient (Wildman–Crippen LogP) is 2.63. The fourth-order valence-corrected chi connectivity index (χ4v) is 5.15. The largest absolute Gasteiger partial charge is 0.478 e. The number of aliphatic hydroxyl groups excluding tert-OH is 1. The molecule has 0 bridgehead atoms. The highest BCUT2D eigenvalue weighted by atomic mass is 32.2. The molecule has 0 saturated carbocycles. The van der Waals surface area contributed by atoms with Gasteiger partial charge in [0.2, 0.25) is 0 Å². The molecule has 1 aliphatic carbocycles. The molecule has 4 nitrogen and oxygen atoms in total. The molecule has 0 spiro atoms. The van der Waals surface area contributed by atoms with Crippen molar-refractivity contribution in [2.45, 2.75) is 41.6 Å². The summed E-state index contributed by atoms with van der Waals surface area (Å²) < 4.78 is 13.0. The molecule has 2 N–H and O–H groups in total. The Hall–Kier alpha value is -1.98. The van der Waals surface area contributed by atoms with Crippen LogP contribution < -0.4 is 0 Å². The van der Waals surface area contributed by atoms with E-state index in [1.165, 1.54) is 6.07 Å². The highest BCUT2D eigenvalue weighted by Gasteiger charge is 2.29. The lowest BCUT2D eigenvalue weighted by Crippen LogP contribution is -2.04. The Kier molecular flexibility index (Phi) is 3.36. The van der Waals surface area contributed by atoms with E-state index in [0.29, 0.717) is 22.6 Å². The van der Waals surface area contributed by atoms with E-state index in [1.54, 1.807) is 12.1 Å². The summed E-state index contributed by atoms with van der Waals surface area (Å²) in [5.41, 5.74) is 4.15. The van der Waals surface area contributed by atoms with Gasteiger partial charge in [0.25, 0.3) is 0 Å². The first-order valence-electron chi connectivity index (χ1n) is 7.67. The van der Waals surface area contributed by atoms with Gasteiger partial charge in [-0.25, -0.2) is 9.00 Å². The van der Waals surface area contributed by atoms with Gasteiger partial charge in [-0.1, -0.05) is 12.1 Å². The summed E-state index contributed by atoms with van der Waals surface area (Å²) in [5.74, 6) is -1.02. The third-order valence-corrected chi connectivity index (χ3v) is 6.34. The zero-order valence-corrected chi connectivity index (χ0v) is 13.2. The SMILES string of the molecule is O=C(O)c1ccc2c(c1)S(=O)c1ccc3c(c1CC2)[C@@H](O)CC3. The summed E-state index contributed by atoms with van der Waals surface area (Å²) in [6.45, 7) is 0. The van der Waals surface area contributed by atoms with Gasteiger partial charge >= 0.3 is 5.97 Å². The third kappa shape index (κ3) is 2.23. The van der Waals surface area contributed by atoms with Crippen molar-refractivity contribution in [2.75, 3.05) is 0 Å². The van der Waals surface area contributed by atoms with E-state index in [2.05, 4.69) is 0 Å². The highest BCUT2D eigenvalue weighted by Crippen LogP contribution is 2.40. The fourth-order valence-electron chi connectivity index (χ4n) is 3.64. The fraction of sp³-hybridized carbons (Fsp3) is 0.278. The van der Waals surface area contributed by atoms with E-state index >= 15 is 0 Å². The molecule has 5 heteroatoms. The molecule has 2 aromatic rings. The minimum atomic E-state index is -1.42. The Morgan fingerprint density at radius 3 is 2.61 bits per heavy atom. The molecule has 0 fully saturated rings. The zero-order chi connectivity index (χ0) is 16.1. The van der Waals surface area contributed by atoms with Crippen LogP contribution in [-0.2, 0) is 30.1 Å². The van der Waals surface area contributed by atoms with Crippen LogP contribution in [0.2, 0.25) is 0 Å². The highest BCUT2D eigenvalue weighted by molar-refractivity contribution is 7.85. The van der Waals surface area contributed by atoms with Crippen LogP contribution in [0.15, 0.2) is 40.1 Å². The lowest BCUT2D eigenvalue weighted by atomic mass is 9.96. The first kappa shape index (κ1) is 14.6. The molecule has 0 saturated heterocycles. The lowest BCUT2D eigenvalue weighted by Gasteiger charge is -2.14. The number of carboxylic acid groups (broad SMARTS) is 1. The maximum absolute atomic E-state index is 13.0. The van der Waals surface area contributed by atoms with Crippen LogP contribution in [0.25, 0.3) is 0 Å². The van der Waals surface area contributed by atoms with Crippen molar-refractivity contribution in [1.82, 2.24) is 0 Å². The Bertz CT molecular complexity index is 856. The van der Waals surface area contributed by atoms with Gasteiger partial charge < -0.3 is 10.2 Å². The summed E-state index contributed by atoms with van der Waals surface area (Å²) in [5, 5.41) is 19.4. The molecule has 118 valence electrons. The predicted molar refractivity (Wildman–Crippen MR) is 85.2 cm³/mol. The van der Waals surface area contributed by atoms with Crippen LogP contribution in [0.1, 0.15) is 45.1 Å². The molecule has 1 heterocycles. The maximum atomic E-state index is 13.0. The summed E-state index contributed by atoms with van der Waals surface area (Å²) >= 11 is 0. The molecule has 0 aromatic heterocycles. The smallest absolute Gasteiger partial charge is 0.335 e. The number of hydrogen-bond donors (Lipinski definition) is 2. The van der Waals surface area contributed by atoms with Gasteiger partial charge in [0.15, 0.2) is 0 Å². The normalized spacial score (nSPS) is 22.0. The second-order valence-corrected chi connectivity index (χ2v) is 7.48. The van der Waals surface area contributed by atoms with E-state index in [9.17, 15) is 14.1 Å². The number of hydrogen-bond acceptors (Lipinski definition) is 3. The number of aliphatic hydroxyl groups is 1. The molecule has 0 radical (unpaired) electrons. The Labute approximate surface area is 136 Å². The number of carboxylic acids is 1. The van der Waals surface area contributed by atoms with Crippen molar-refractivity contribution >= 4 is 16.8 Å². The second kappa shape index (κ2) is 5.28. The average molecular weight is 328 g/mol.